The van der Waals surface area contributed by atoms with Crippen LogP contribution in [0.4, 0.5) is 0 Å². The lowest BCUT2D eigenvalue weighted by Gasteiger charge is -2.24. The van der Waals surface area contributed by atoms with E-state index in [0.717, 1.165) is 6.42 Å². The molecule has 1 aromatic carbocycles. The van der Waals surface area contributed by atoms with Gasteiger partial charge in [-0.3, -0.25) is 11.3 Å². The van der Waals surface area contributed by atoms with Gasteiger partial charge >= 0.3 is 0 Å². The van der Waals surface area contributed by atoms with Crippen LogP contribution in [0.1, 0.15) is 11.1 Å². The zero-order chi connectivity index (χ0) is 12.0. The minimum absolute atomic E-state index is 0.0577. The summed E-state index contributed by atoms with van der Waals surface area (Å²) in [4.78, 5) is 0. The fourth-order valence-electron chi connectivity index (χ4n) is 1.64. The Balaban J connectivity index is 2.65. The third kappa shape index (κ3) is 3.57. The molecule has 4 heteroatoms. The molecule has 0 saturated carbocycles. The van der Waals surface area contributed by atoms with Crippen molar-refractivity contribution >= 4 is 0 Å². The predicted octanol–water partition coefficient (Wildman–Crippen LogP) is 0.988. The smallest absolute Gasteiger partial charge is 0.173 e. The first-order valence-electron chi connectivity index (χ1n) is 5.28. The molecule has 1 aromatic rings. The number of methoxy groups -OCH3 is 2. The molecule has 4 nitrogen and oxygen atoms in total. The number of hydrogen-bond acceptors (Lipinski definition) is 4. The molecule has 0 aliphatic carbocycles. The van der Waals surface area contributed by atoms with Gasteiger partial charge in [-0.05, 0) is 18.9 Å². The molecular formula is C12H20N2O2. The Bertz CT molecular complexity index is 296. The van der Waals surface area contributed by atoms with E-state index in [1.54, 1.807) is 14.2 Å². The molecule has 0 amide bonds. The number of nitrogens with two attached hydrogens (primary N) is 1. The minimum Gasteiger partial charge on any atom is -0.354 e. The van der Waals surface area contributed by atoms with Crippen molar-refractivity contribution in [2.24, 2.45) is 5.84 Å². The van der Waals surface area contributed by atoms with Crippen molar-refractivity contribution in [2.75, 3.05) is 14.2 Å². The molecule has 3 N–H and O–H groups in total. The van der Waals surface area contributed by atoms with Crippen LogP contribution in [-0.2, 0) is 15.9 Å². The Morgan fingerprint density at radius 1 is 1.19 bits per heavy atom. The lowest BCUT2D eigenvalue weighted by Crippen LogP contribution is -2.47. The van der Waals surface area contributed by atoms with Gasteiger partial charge in [0.05, 0.1) is 6.04 Å². The van der Waals surface area contributed by atoms with Gasteiger partial charge < -0.3 is 9.47 Å². The molecule has 0 fully saturated rings. The number of ether oxygens (including phenoxy) is 2. The average molecular weight is 224 g/mol. The summed E-state index contributed by atoms with van der Waals surface area (Å²) in [5, 5.41) is 0. The third-order valence-electron chi connectivity index (χ3n) is 2.58. The van der Waals surface area contributed by atoms with Crippen molar-refractivity contribution in [2.45, 2.75) is 25.7 Å². The summed E-state index contributed by atoms with van der Waals surface area (Å²) in [6.45, 7) is 2.07. The summed E-state index contributed by atoms with van der Waals surface area (Å²) < 4.78 is 10.4. The number of rotatable bonds is 6. The Labute approximate surface area is 96.7 Å². The number of benzene rings is 1. The Hall–Kier alpha value is -0.940. The van der Waals surface area contributed by atoms with Crippen LogP contribution in [0.5, 0.6) is 0 Å². The summed E-state index contributed by atoms with van der Waals surface area (Å²) in [5.41, 5.74) is 5.16. The summed E-state index contributed by atoms with van der Waals surface area (Å²) >= 11 is 0. The molecule has 1 rings (SSSR count). The van der Waals surface area contributed by atoms with Gasteiger partial charge in [0.25, 0.3) is 0 Å². The first-order chi connectivity index (χ1) is 7.71. The average Bonchev–Trinajstić information content (AvgIpc) is 2.32. The molecule has 0 radical (unpaired) electrons. The second-order valence-corrected chi connectivity index (χ2v) is 3.80. The van der Waals surface area contributed by atoms with Gasteiger partial charge in [-0.1, -0.05) is 29.8 Å². The molecule has 1 unspecified atom stereocenters. The highest BCUT2D eigenvalue weighted by Gasteiger charge is 2.19. The molecule has 16 heavy (non-hydrogen) atoms. The van der Waals surface area contributed by atoms with Crippen LogP contribution < -0.4 is 11.3 Å². The number of aryl methyl sites for hydroxylation is 1. The van der Waals surface area contributed by atoms with Crippen molar-refractivity contribution in [1.29, 1.82) is 0 Å². The standard InChI is InChI=1S/C12H20N2O2/c1-9-4-6-10(7-5-9)8-11(14-13)12(15-2)16-3/h4-7,11-12,14H,8,13H2,1-3H3. The van der Waals surface area contributed by atoms with E-state index in [9.17, 15) is 0 Å². The van der Waals surface area contributed by atoms with E-state index >= 15 is 0 Å². The third-order valence-corrected chi connectivity index (χ3v) is 2.58. The molecule has 0 aliphatic heterocycles. The summed E-state index contributed by atoms with van der Waals surface area (Å²) in [7, 11) is 3.21. The minimum atomic E-state index is -0.341. The molecule has 0 spiro atoms. The van der Waals surface area contributed by atoms with Crippen LogP contribution in [0, 0.1) is 6.92 Å². The van der Waals surface area contributed by atoms with Gasteiger partial charge in [-0.15, -0.1) is 0 Å². The Morgan fingerprint density at radius 3 is 2.19 bits per heavy atom. The molecule has 1 atom stereocenters. The maximum absolute atomic E-state index is 5.49. The normalized spacial score (nSPS) is 13.1. The Kier molecular flexibility index (Phi) is 5.42. The quantitative estimate of drug-likeness (QED) is 0.430. The highest BCUT2D eigenvalue weighted by atomic mass is 16.7. The highest BCUT2D eigenvalue weighted by molar-refractivity contribution is 5.22. The fraction of sp³-hybridized carbons (Fsp3) is 0.500. The van der Waals surface area contributed by atoms with Crippen molar-refractivity contribution in [1.82, 2.24) is 5.43 Å². The predicted molar refractivity (Wildman–Crippen MR) is 63.8 cm³/mol. The van der Waals surface area contributed by atoms with Crippen molar-refractivity contribution in [3.8, 4) is 0 Å². The molecular weight excluding hydrogens is 204 g/mol. The molecule has 0 aliphatic rings. The maximum Gasteiger partial charge on any atom is 0.173 e. The maximum atomic E-state index is 5.49. The van der Waals surface area contributed by atoms with Gasteiger partial charge in [0, 0.05) is 14.2 Å². The molecule has 0 heterocycles. The molecule has 0 bridgehead atoms. The van der Waals surface area contributed by atoms with E-state index in [4.69, 9.17) is 15.3 Å². The second kappa shape index (κ2) is 6.60. The lowest BCUT2D eigenvalue weighted by molar-refractivity contribution is -0.122. The molecule has 0 aromatic heterocycles. The van der Waals surface area contributed by atoms with Crippen LogP contribution in [0.3, 0.4) is 0 Å². The van der Waals surface area contributed by atoms with Crippen LogP contribution in [-0.4, -0.2) is 26.6 Å². The number of nitrogens with one attached hydrogen (secondary N) is 1. The molecule has 90 valence electrons. The lowest BCUT2D eigenvalue weighted by atomic mass is 10.0. The fourth-order valence-corrected chi connectivity index (χ4v) is 1.64. The number of hydrogen-bond donors (Lipinski definition) is 2. The largest absolute Gasteiger partial charge is 0.354 e. The van der Waals surface area contributed by atoms with E-state index in [2.05, 4.69) is 36.6 Å². The van der Waals surface area contributed by atoms with Crippen molar-refractivity contribution in [3.63, 3.8) is 0 Å². The van der Waals surface area contributed by atoms with E-state index in [0.29, 0.717) is 0 Å². The van der Waals surface area contributed by atoms with Crippen LogP contribution in [0.2, 0.25) is 0 Å². The van der Waals surface area contributed by atoms with Gasteiger partial charge in [0.2, 0.25) is 0 Å². The van der Waals surface area contributed by atoms with Crippen molar-refractivity contribution in [3.05, 3.63) is 35.4 Å². The van der Waals surface area contributed by atoms with E-state index < -0.39 is 0 Å². The van der Waals surface area contributed by atoms with E-state index in [1.165, 1.54) is 11.1 Å². The first-order valence-corrected chi connectivity index (χ1v) is 5.28. The molecule has 0 saturated heterocycles. The van der Waals surface area contributed by atoms with E-state index in [1.807, 2.05) is 0 Å². The zero-order valence-electron chi connectivity index (χ0n) is 10.1. The second-order valence-electron chi connectivity index (χ2n) is 3.80. The van der Waals surface area contributed by atoms with Crippen molar-refractivity contribution < 1.29 is 9.47 Å². The zero-order valence-corrected chi connectivity index (χ0v) is 10.1. The van der Waals surface area contributed by atoms with E-state index in [-0.39, 0.29) is 12.3 Å². The van der Waals surface area contributed by atoms with Crippen LogP contribution in [0.15, 0.2) is 24.3 Å². The van der Waals surface area contributed by atoms with Gasteiger partial charge in [0.15, 0.2) is 6.29 Å². The summed E-state index contributed by atoms with van der Waals surface area (Å²) in [6, 6.07) is 8.27. The first kappa shape index (κ1) is 13.1. The highest BCUT2D eigenvalue weighted by Crippen LogP contribution is 2.09. The summed E-state index contributed by atoms with van der Waals surface area (Å²) in [6.07, 6.45) is 0.426. The topological polar surface area (TPSA) is 56.5 Å². The van der Waals surface area contributed by atoms with Gasteiger partial charge in [-0.25, -0.2) is 0 Å². The number of hydrazine groups is 1. The van der Waals surface area contributed by atoms with Gasteiger partial charge in [0.1, 0.15) is 0 Å². The SMILES string of the molecule is COC(OC)C(Cc1ccc(C)cc1)NN. The van der Waals surface area contributed by atoms with Gasteiger partial charge in [-0.2, -0.15) is 0 Å². The van der Waals surface area contributed by atoms with Crippen LogP contribution in [0.25, 0.3) is 0 Å². The Morgan fingerprint density at radius 2 is 1.75 bits per heavy atom. The monoisotopic (exact) mass is 224 g/mol. The van der Waals surface area contributed by atoms with Crippen LogP contribution >= 0.6 is 0 Å². The summed E-state index contributed by atoms with van der Waals surface area (Å²) in [5.74, 6) is 5.49.